The van der Waals surface area contributed by atoms with Crippen molar-refractivity contribution in [2.24, 2.45) is 0 Å². The van der Waals surface area contributed by atoms with Crippen LogP contribution in [-0.4, -0.2) is 11.1 Å². The lowest BCUT2D eigenvalue weighted by Gasteiger charge is -2.11. The molecule has 3 nitrogen and oxygen atoms in total. The van der Waals surface area contributed by atoms with Crippen LogP contribution in [0.4, 0.5) is 5.69 Å². The van der Waals surface area contributed by atoms with Crippen molar-refractivity contribution in [3.05, 3.63) is 42.2 Å². The van der Waals surface area contributed by atoms with Gasteiger partial charge in [0.25, 0.3) is 0 Å². The van der Waals surface area contributed by atoms with E-state index in [0.29, 0.717) is 0 Å². The second-order valence-corrected chi connectivity index (χ2v) is 4.65. The standard InChI is InChI=1S/C15H18N2O/c1-10(2)18-14-7-12(8-17-9-14)15-5-4-13(16)6-11(15)3/h4-10H,16H2,1-3H3. The molecule has 1 heterocycles. The van der Waals surface area contributed by atoms with Crippen LogP contribution in [0.25, 0.3) is 11.1 Å². The summed E-state index contributed by atoms with van der Waals surface area (Å²) < 4.78 is 5.65. The normalized spacial score (nSPS) is 10.7. The lowest BCUT2D eigenvalue weighted by molar-refractivity contribution is 0.241. The summed E-state index contributed by atoms with van der Waals surface area (Å²) in [5, 5.41) is 0. The third-order valence-corrected chi connectivity index (χ3v) is 2.65. The zero-order valence-electron chi connectivity index (χ0n) is 11.0. The lowest BCUT2D eigenvalue weighted by Crippen LogP contribution is -2.05. The van der Waals surface area contributed by atoms with Gasteiger partial charge < -0.3 is 10.5 Å². The number of aromatic nitrogens is 1. The number of nitrogens with two attached hydrogens (primary N) is 1. The van der Waals surface area contributed by atoms with E-state index in [-0.39, 0.29) is 6.10 Å². The van der Waals surface area contributed by atoms with E-state index in [1.807, 2.05) is 51.2 Å². The smallest absolute Gasteiger partial charge is 0.138 e. The number of aryl methyl sites for hydroxylation is 1. The maximum absolute atomic E-state index is 5.76. The summed E-state index contributed by atoms with van der Waals surface area (Å²) in [6, 6.07) is 7.88. The highest BCUT2D eigenvalue weighted by molar-refractivity contribution is 5.69. The SMILES string of the molecule is Cc1cc(N)ccc1-c1cncc(OC(C)C)c1. The predicted octanol–water partition coefficient (Wildman–Crippen LogP) is 3.43. The first-order chi connectivity index (χ1) is 8.56. The van der Waals surface area contributed by atoms with Crippen LogP contribution in [-0.2, 0) is 0 Å². The van der Waals surface area contributed by atoms with E-state index in [4.69, 9.17) is 10.5 Å². The molecule has 0 aliphatic carbocycles. The highest BCUT2D eigenvalue weighted by Gasteiger charge is 2.05. The van der Waals surface area contributed by atoms with Crippen LogP contribution < -0.4 is 10.5 Å². The van der Waals surface area contributed by atoms with Crippen LogP contribution in [0.2, 0.25) is 0 Å². The second kappa shape index (κ2) is 5.08. The molecule has 2 aromatic rings. The van der Waals surface area contributed by atoms with Gasteiger partial charge in [0.15, 0.2) is 0 Å². The Bertz CT molecular complexity index is 550. The quantitative estimate of drug-likeness (QED) is 0.839. The first-order valence-corrected chi connectivity index (χ1v) is 6.04. The molecule has 18 heavy (non-hydrogen) atoms. The molecule has 0 unspecified atom stereocenters. The molecule has 0 atom stereocenters. The number of hydrogen-bond acceptors (Lipinski definition) is 3. The van der Waals surface area contributed by atoms with E-state index in [0.717, 1.165) is 28.1 Å². The molecule has 0 aliphatic heterocycles. The molecular weight excluding hydrogens is 224 g/mol. The Labute approximate surface area is 108 Å². The maximum Gasteiger partial charge on any atom is 0.138 e. The van der Waals surface area contributed by atoms with Crippen molar-refractivity contribution in [3.63, 3.8) is 0 Å². The predicted molar refractivity (Wildman–Crippen MR) is 74.6 cm³/mol. The van der Waals surface area contributed by atoms with Crippen molar-refractivity contribution < 1.29 is 4.74 Å². The summed E-state index contributed by atoms with van der Waals surface area (Å²) in [7, 11) is 0. The van der Waals surface area contributed by atoms with Crippen LogP contribution in [0.15, 0.2) is 36.7 Å². The van der Waals surface area contributed by atoms with Gasteiger partial charge in [0.2, 0.25) is 0 Å². The van der Waals surface area contributed by atoms with E-state index in [2.05, 4.69) is 4.98 Å². The largest absolute Gasteiger partial charge is 0.489 e. The molecule has 0 radical (unpaired) electrons. The van der Waals surface area contributed by atoms with E-state index < -0.39 is 0 Å². The number of nitrogen functional groups attached to an aromatic ring is 1. The molecule has 2 N–H and O–H groups in total. The molecule has 0 spiro atoms. The van der Waals surface area contributed by atoms with Crippen molar-refractivity contribution in [2.45, 2.75) is 26.9 Å². The zero-order valence-corrected chi connectivity index (χ0v) is 11.0. The fraction of sp³-hybridized carbons (Fsp3) is 0.267. The molecule has 0 fully saturated rings. The first-order valence-electron chi connectivity index (χ1n) is 6.04. The molecule has 1 aromatic carbocycles. The van der Waals surface area contributed by atoms with Crippen molar-refractivity contribution in [1.29, 1.82) is 0 Å². The summed E-state index contributed by atoms with van der Waals surface area (Å²) in [4.78, 5) is 4.22. The lowest BCUT2D eigenvalue weighted by atomic mass is 10.0. The monoisotopic (exact) mass is 242 g/mol. The number of nitrogens with zero attached hydrogens (tertiary/aromatic N) is 1. The van der Waals surface area contributed by atoms with E-state index in [9.17, 15) is 0 Å². The van der Waals surface area contributed by atoms with E-state index in [1.165, 1.54) is 0 Å². The Morgan fingerprint density at radius 1 is 1.17 bits per heavy atom. The minimum Gasteiger partial charge on any atom is -0.489 e. The number of anilines is 1. The van der Waals surface area contributed by atoms with E-state index >= 15 is 0 Å². The molecule has 2 rings (SSSR count). The summed E-state index contributed by atoms with van der Waals surface area (Å²) in [6.45, 7) is 6.05. The number of benzene rings is 1. The summed E-state index contributed by atoms with van der Waals surface area (Å²) in [5.74, 6) is 0.790. The fourth-order valence-electron chi connectivity index (χ4n) is 1.91. The first kappa shape index (κ1) is 12.4. The van der Waals surface area contributed by atoms with Gasteiger partial charge in [-0.15, -0.1) is 0 Å². The molecule has 0 aliphatic rings. The van der Waals surface area contributed by atoms with Crippen LogP contribution >= 0.6 is 0 Å². The third kappa shape index (κ3) is 2.80. The fourth-order valence-corrected chi connectivity index (χ4v) is 1.91. The summed E-state index contributed by atoms with van der Waals surface area (Å²) >= 11 is 0. The van der Waals surface area contributed by atoms with Gasteiger partial charge in [-0.2, -0.15) is 0 Å². The van der Waals surface area contributed by atoms with Gasteiger partial charge in [0, 0.05) is 17.4 Å². The molecule has 3 heteroatoms. The van der Waals surface area contributed by atoms with Gasteiger partial charge in [-0.1, -0.05) is 6.07 Å². The second-order valence-electron chi connectivity index (χ2n) is 4.65. The molecule has 0 saturated carbocycles. The van der Waals surface area contributed by atoms with Crippen LogP contribution in [0.1, 0.15) is 19.4 Å². The Balaban J connectivity index is 2.38. The van der Waals surface area contributed by atoms with Crippen molar-refractivity contribution in [1.82, 2.24) is 4.98 Å². The molecule has 1 aromatic heterocycles. The highest BCUT2D eigenvalue weighted by Crippen LogP contribution is 2.27. The van der Waals surface area contributed by atoms with Gasteiger partial charge >= 0.3 is 0 Å². The number of rotatable bonds is 3. The minimum atomic E-state index is 0.148. The zero-order chi connectivity index (χ0) is 13.1. The Morgan fingerprint density at radius 2 is 1.94 bits per heavy atom. The van der Waals surface area contributed by atoms with Crippen LogP contribution in [0, 0.1) is 6.92 Å². The van der Waals surface area contributed by atoms with Gasteiger partial charge in [-0.25, -0.2) is 0 Å². The summed E-state index contributed by atoms with van der Waals surface area (Å²) in [6.07, 6.45) is 3.72. The average Bonchev–Trinajstić information content (AvgIpc) is 2.28. The Hall–Kier alpha value is -2.03. The molecule has 0 saturated heterocycles. The van der Waals surface area contributed by atoms with E-state index in [1.54, 1.807) is 6.20 Å². The number of ether oxygens (including phenoxy) is 1. The van der Waals surface area contributed by atoms with Crippen molar-refractivity contribution in [2.75, 3.05) is 5.73 Å². The van der Waals surface area contributed by atoms with Gasteiger partial charge in [-0.3, -0.25) is 4.98 Å². The maximum atomic E-state index is 5.76. The average molecular weight is 242 g/mol. The van der Waals surface area contributed by atoms with Gasteiger partial charge in [0.05, 0.1) is 12.3 Å². The minimum absolute atomic E-state index is 0.148. The molecular formula is C15H18N2O. The Morgan fingerprint density at radius 3 is 2.61 bits per heavy atom. The molecule has 0 bridgehead atoms. The van der Waals surface area contributed by atoms with Crippen LogP contribution in [0.3, 0.4) is 0 Å². The molecule has 94 valence electrons. The third-order valence-electron chi connectivity index (χ3n) is 2.65. The molecule has 0 amide bonds. The Kier molecular flexibility index (Phi) is 3.51. The van der Waals surface area contributed by atoms with Gasteiger partial charge in [-0.05, 0) is 50.1 Å². The topological polar surface area (TPSA) is 48.1 Å². The highest BCUT2D eigenvalue weighted by atomic mass is 16.5. The van der Waals surface area contributed by atoms with Crippen molar-refractivity contribution in [3.8, 4) is 16.9 Å². The number of hydrogen-bond donors (Lipinski definition) is 1. The van der Waals surface area contributed by atoms with Crippen LogP contribution in [0.5, 0.6) is 5.75 Å². The van der Waals surface area contributed by atoms with Gasteiger partial charge in [0.1, 0.15) is 5.75 Å². The number of pyridine rings is 1. The van der Waals surface area contributed by atoms with Crippen molar-refractivity contribution >= 4 is 5.69 Å². The summed E-state index contributed by atoms with van der Waals surface area (Å²) in [5.41, 5.74) is 9.85.